The minimum atomic E-state index is 0.644. The van der Waals surface area contributed by atoms with E-state index in [2.05, 4.69) is 64.3 Å². The maximum absolute atomic E-state index is 5.73. The molecule has 0 bridgehead atoms. The summed E-state index contributed by atoms with van der Waals surface area (Å²) in [6.45, 7) is 6.64. The molecule has 1 saturated heterocycles. The molecule has 0 amide bonds. The first-order chi connectivity index (χ1) is 17.2. The SMILES string of the molecule is CCOc1ccc2c(-c3nc4ccc(N5CCN(C)CC5)nn4c3-c3ccncc3)cccc2c1. The van der Waals surface area contributed by atoms with E-state index in [0.29, 0.717) is 6.61 Å². The quantitative estimate of drug-likeness (QED) is 0.374. The van der Waals surface area contributed by atoms with Crippen molar-refractivity contribution in [1.29, 1.82) is 0 Å². The number of piperazine rings is 1. The van der Waals surface area contributed by atoms with E-state index in [1.165, 1.54) is 0 Å². The Labute approximate surface area is 204 Å². The zero-order valence-corrected chi connectivity index (χ0v) is 20.1. The zero-order valence-electron chi connectivity index (χ0n) is 20.1. The van der Waals surface area contributed by atoms with Crippen molar-refractivity contribution in [3.63, 3.8) is 0 Å². The third kappa shape index (κ3) is 3.98. The Balaban J connectivity index is 1.55. The molecule has 0 spiro atoms. The monoisotopic (exact) mass is 464 g/mol. The number of hydrogen-bond donors (Lipinski definition) is 0. The predicted molar refractivity (Wildman–Crippen MR) is 140 cm³/mol. The molecule has 7 nitrogen and oxygen atoms in total. The Morgan fingerprint density at radius 3 is 2.54 bits per heavy atom. The van der Waals surface area contributed by atoms with Crippen LogP contribution in [0.25, 0.3) is 38.9 Å². The van der Waals surface area contributed by atoms with Crippen LogP contribution in [0.1, 0.15) is 6.92 Å². The first-order valence-corrected chi connectivity index (χ1v) is 12.1. The van der Waals surface area contributed by atoms with Crippen LogP contribution in [0.5, 0.6) is 5.75 Å². The van der Waals surface area contributed by atoms with Crippen molar-refractivity contribution in [2.75, 3.05) is 44.7 Å². The van der Waals surface area contributed by atoms with Gasteiger partial charge in [-0.15, -0.1) is 5.10 Å². The van der Waals surface area contributed by atoms with Crippen LogP contribution in [0.3, 0.4) is 0 Å². The largest absolute Gasteiger partial charge is 0.494 e. The van der Waals surface area contributed by atoms with Crippen LogP contribution in [0.2, 0.25) is 0 Å². The average Bonchev–Trinajstić information content (AvgIpc) is 3.28. The van der Waals surface area contributed by atoms with Gasteiger partial charge in [0.15, 0.2) is 5.65 Å². The van der Waals surface area contributed by atoms with E-state index in [0.717, 1.165) is 76.7 Å². The van der Waals surface area contributed by atoms with Gasteiger partial charge in [-0.25, -0.2) is 9.50 Å². The number of imidazole rings is 1. The Hall–Kier alpha value is -3.97. The number of rotatable bonds is 5. The van der Waals surface area contributed by atoms with Gasteiger partial charge in [0.1, 0.15) is 17.3 Å². The molecule has 0 radical (unpaired) electrons. The molecular weight excluding hydrogens is 436 g/mol. The lowest BCUT2D eigenvalue weighted by Gasteiger charge is -2.33. The maximum atomic E-state index is 5.73. The topological polar surface area (TPSA) is 58.8 Å². The van der Waals surface area contributed by atoms with Gasteiger partial charge in [-0.05, 0) is 61.1 Å². The molecule has 0 saturated carbocycles. The fourth-order valence-electron chi connectivity index (χ4n) is 4.81. The van der Waals surface area contributed by atoms with Gasteiger partial charge in [0, 0.05) is 49.7 Å². The lowest BCUT2D eigenvalue weighted by atomic mass is 9.99. The van der Waals surface area contributed by atoms with Crippen molar-refractivity contribution < 1.29 is 4.74 Å². The number of ether oxygens (including phenoxy) is 1. The van der Waals surface area contributed by atoms with Crippen LogP contribution in [-0.2, 0) is 0 Å². The van der Waals surface area contributed by atoms with E-state index in [4.69, 9.17) is 14.8 Å². The molecule has 0 N–H and O–H groups in total. The molecule has 0 aliphatic carbocycles. The fraction of sp³-hybridized carbons (Fsp3) is 0.250. The van der Waals surface area contributed by atoms with E-state index in [9.17, 15) is 0 Å². The average molecular weight is 465 g/mol. The number of likely N-dealkylation sites (N-methyl/N-ethyl adjacent to an activating group) is 1. The number of benzene rings is 2. The van der Waals surface area contributed by atoms with E-state index < -0.39 is 0 Å². The number of aromatic nitrogens is 4. The Bertz CT molecular complexity index is 1490. The molecule has 1 aliphatic rings. The Kier molecular flexibility index (Phi) is 5.54. The highest BCUT2D eigenvalue weighted by atomic mass is 16.5. The molecule has 1 fully saturated rings. The first kappa shape index (κ1) is 21.6. The summed E-state index contributed by atoms with van der Waals surface area (Å²) in [4.78, 5) is 14.0. The second-order valence-electron chi connectivity index (χ2n) is 8.92. The molecule has 7 heteroatoms. The van der Waals surface area contributed by atoms with Crippen molar-refractivity contribution in [2.24, 2.45) is 0 Å². The summed E-state index contributed by atoms with van der Waals surface area (Å²) in [5, 5.41) is 7.34. The molecule has 4 heterocycles. The van der Waals surface area contributed by atoms with E-state index in [1.54, 1.807) is 0 Å². The molecule has 2 aromatic carbocycles. The third-order valence-corrected chi connectivity index (χ3v) is 6.66. The van der Waals surface area contributed by atoms with Crippen LogP contribution in [0, 0.1) is 0 Å². The lowest BCUT2D eigenvalue weighted by Crippen LogP contribution is -2.44. The summed E-state index contributed by atoms with van der Waals surface area (Å²) >= 11 is 0. The van der Waals surface area contributed by atoms with Gasteiger partial charge >= 0.3 is 0 Å². The maximum Gasteiger partial charge on any atom is 0.155 e. The molecule has 35 heavy (non-hydrogen) atoms. The number of fused-ring (bicyclic) bond motifs is 2. The highest BCUT2D eigenvalue weighted by Crippen LogP contribution is 2.37. The van der Waals surface area contributed by atoms with Gasteiger partial charge in [0.2, 0.25) is 0 Å². The van der Waals surface area contributed by atoms with Gasteiger partial charge in [-0.3, -0.25) is 4.98 Å². The normalized spacial score (nSPS) is 14.6. The van der Waals surface area contributed by atoms with Gasteiger partial charge < -0.3 is 14.5 Å². The van der Waals surface area contributed by atoms with E-state index in [-0.39, 0.29) is 0 Å². The molecule has 6 rings (SSSR count). The highest BCUT2D eigenvalue weighted by molar-refractivity contribution is 6.00. The molecule has 1 aliphatic heterocycles. The van der Waals surface area contributed by atoms with Crippen LogP contribution in [0.15, 0.2) is 73.1 Å². The van der Waals surface area contributed by atoms with Gasteiger partial charge in [0.25, 0.3) is 0 Å². The Morgan fingerprint density at radius 1 is 0.914 bits per heavy atom. The molecule has 0 unspecified atom stereocenters. The van der Waals surface area contributed by atoms with Crippen molar-refractivity contribution >= 4 is 22.2 Å². The first-order valence-electron chi connectivity index (χ1n) is 12.1. The summed E-state index contributed by atoms with van der Waals surface area (Å²) in [5.74, 6) is 1.85. The molecule has 5 aromatic rings. The second-order valence-corrected chi connectivity index (χ2v) is 8.92. The van der Waals surface area contributed by atoms with E-state index >= 15 is 0 Å². The van der Waals surface area contributed by atoms with Crippen LogP contribution < -0.4 is 9.64 Å². The van der Waals surface area contributed by atoms with Crippen molar-refractivity contribution in [3.8, 4) is 28.3 Å². The summed E-state index contributed by atoms with van der Waals surface area (Å²) < 4.78 is 7.73. The fourth-order valence-corrected chi connectivity index (χ4v) is 4.81. The van der Waals surface area contributed by atoms with Crippen LogP contribution >= 0.6 is 0 Å². The molecule has 3 aromatic heterocycles. The summed E-state index contributed by atoms with van der Waals surface area (Å²) in [7, 11) is 2.17. The summed E-state index contributed by atoms with van der Waals surface area (Å²) in [5.41, 5.74) is 4.82. The molecular formula is C28H28N6O. The lowest BCUT2D eigenvalue weighted by molar-refractivity contribution is 0.311. The predicted octanol–water partition coefficient (Wildman–Crippen LogP) is 4.76. The number of nitrogens with zero attached hydrogens (tertiary/aromatic N) is 6. The van der Waals surface area contributed by atoms with Crippen LogP contribution in [0.4, 0.5) is 5.82 Å². The van der Waals surface area contributed by atoms with Gasteiger partial charge in [0.05, 0.1) is 12.3 Å². The van der Waals surface area contributed by atoms with Crippen LogP contribution in [-0.4, -0.2) is 64.3 Å². The molecule has 0 atom stereocenters. The number of anilines is 1. The number of hydrogen-bond acceptors (Lipinski definition) is 6. The molecule has 176 valence electrons. The second kappa shape index (κ2) is 9.00. The minimum absolute atomic E-state index is 0.644. The van der Waals surface area contributed by atoms with Crippen molar-refractivity contribution in [3.05, 3.63) is 73.1 Å². The number of pyridine rings is 1. The smallest absolute Gasteiger partial charge is 0.155 e. The highest BCUT2D eigenvalue weighted by Gasteiger charge is 2.21. The Morgan fingerprint density at radius 2 is 1.74 bits per heavy atom. The van der Waals surface area contributed by atoms with Crippen molar-refractivity contribution in [1.82, 2.24) is 24.5 Å². The summed E-state index contributed by atoms with van der Waals surface area (Å²) in [6, 6.07) is 20.8. The van der Waals surface area contributed by atoms with Gasteiger partial charge in [-0.2, -0.15) is 0 Å². The van der Waals surface area contributed by atoms with Crippen molar-refractivity contribution in [2.45, 2.75) is 6.92 Å². The zero-order chi connectivity index (χ0) is 23.8. The summed E-state index contributed by atoms with van der Waals surface area (Å²) in [6.07, 6.45) is 3.64. The third-order valence-electron chi connectivity index (χ3n) is 6.66. The van der Waals surface area contributed by atoms with Gasteiger partial charge in [-0.1, -0.05) is 24.3 Å². The minimum Gasteiger partial charge on any atom is -0.494 e. The standard InChI is InChI=1S/C28H28N6O/c1-3-35-22-7-8-23-21(19-22)5-4-6-24(23)27-28(20-11-13-29-14-12-20)34-25(30-27)9-10-26(31-34)33-17-15-32(2)16-18-33/h4-14,19H,3,15-18H2,1-2H3. The van der Waals surface area contributed by atoms with E-state index in [1.807, 2.05) is 42.0 Å².